The van der Waals surface area contributed by atoms with Crippen molar-refractivity contribution in [2.45, 2.75) is 38.4 Å². The van der Waals surface area contributed by atoms with Crippen LogP contribution in [0.3, 0.4) is 0 Å². The molecule has 2 aliphatic heterocycles. The van der Waals surface area contributed by atoms with Crippen LogP contribution in [0.15, 0.2) is 24.3 Å². The molecule has 0 bridgehead atoms. The van der Waals surface area contributed by atoms with Crippen LogP contribution in [0, 0.1) is 5.92 Å². The molecule has 2 nitrogen and oxygen atoms in total. The summed E-state index contributed by atoms with van der Waals surface area (Å²) >= 11 is 0. The number of benzene rings is 1. The fourth-order valence-electron chi connectivity index (χ4n) is 2.97. The van der Waals surface area contributed by atoms with E-state index < -0.39 is 0 Å². The van der Waals surface area contributed by atoms with E-state index >= 15 is 0 Å². The Hall–Kier alpha value is -1.02. The highest BCUT2D eigenvalue weighted by atomic mass is 16.5. The molecule has 0 radical (unpaired) electrons. The van der Waals surface area contributed by atoms with Gasteiger partial charge in [0.2, 0.25) is 0 Å². The molecule has 16 heavy (non-hydrogen) atoms. The van der Waals surface area contributed by atoms with Gasteiger partial charge in [-0.25, -0.2) is 0 Å². The molecule has 0 spiro atoms. The van der Waals surface area contributed by atoms with Crippen molar-refractivity contribution in [1.82, 2.24) is 0 Å². The van der Waals surface area contributed by atoms with Crippen molar-refractivity contribution in [3.05, 3.63) is 29.8 Å². The van der Waals surface area contributed by atoms with Crippen molar-refractivity contribution in [2.24, 2.45) is 5.92 Å². The Labute approximate surface area is 96.6 Å². The summed E-state index contributed by atoms with van der Waals surface area (Å²) in [5.41, 5.74) is 1.12. The predicted octanol–water partition coefficient (Wildman–Crippen LogP) is 3.33. The van der Waals surface area contributed by atoms with Crippen LogP contribution < -0.4 is 4.74 Å². The number of hydrogen-bond donors (Lipinski definition) is 0. The Morgan fingerprint density at radius 1 is 1.25 bits per heavy atom. The normalized spacial score (nSPS) is 31.1. The van der Waals surface area contributed by atoms with E-state index in [0.717, 1.165) is 18.8 Å². The summed E-state index contributed by atoms with van der Waals surface area (Å²) in [6.45, 7) is 5.23. The number of rotatable bonds is 0. The zero-order valence-corrected chi connectivity index (χ0v) is 9.90. The Bertz CT molecular complexity index is 397. The summed E-state index contributed by atoms with van der Waals surface area (Å²) in [7, 11) is 0. The van der Waals surface area contributed by atoms with Gasteiger partial charge in [-0.2, -0.15) is 0 Å². The van der Waals surface area contributed by atoms with Crippen molar-refractivity contribution in [3.8, 4) is 5.75 Å². The molecule has 0 N–H and O–H groups in total. The van der Waals surface area contributed by atoms with E-state index in [1.807, 2.05) is 12.1 Å². The lowest BCUT2D eigenvalue weighted by molar-refractivity contribution is -0.116. The van der Waals surface area contributed by atoms with Crippen molar-refractivity contribution >= 4 is 0 Å². The van der Waals surface area contributed by atoms with E-state index in [1.54, 1.807) is 0 Å². The molecular weight excluding hydrogens is 200 g/mol. The highest BCUT2D eigenvalue weighted by Crippen LogP contribution is 2.48. The second kappa shape index (κ2) is 3.49. The summed E-state index contributed by atoms with van der Waals surface area (Å²) < 4.78 is 12.1. The highest BCUT2D eigenvalue weighted by Gasteiger charge is 2.45. The quantitative estimate of drug-likeness (QED) is 0.665. The van der Waals surface area contributed by atoms with Crippen LogP contribution in [0.25, 0.3) is 0 Å². The molecule has 2 aliphatic rings. The van der Waals surface area contributed by atoms with Gasteiger partial charge in [0.1, 0.15) is 11.4 Å². The van der Waals surface area contributed by atoms with Gasteiger partial charge in [-0.1, -0.05) is 18.2 Å². The topological polar surface area (TPSA) is 18.5 Å². The second-order valence-corrected chi connectivity index (χ2v) is 5.28. The molecule has 0 aromatic heterocycles. The smallest absolute Gasteiger partial charge is 0.125 e. The Balaban J connectivity index is 2.07. The third-order valence-electron chi connectivity index (χ3n) is 3.81. The Kier molecular flexibility index (Phi) is 2.21. The lowest BCUT2D eigenvalue weighted by Crippen LogP contribution is -2.46. The van der Waals surface area contributed by atoms with Crippen molar-refractivity contribution in [3.63, 3.8) is 0 Å². The molecule has 1 aromatic rings. The number of ether oxygens (including phenoxy) is 2. The zero-order chi connectivity index (χ0) is 11.2. The summed E-state index contributed by atoms with van der Waals surface area (Å²) in [5.74, 6) is 1.48. The molecule has 0 amide bonds. The minimum atomic E-state index is -0.112. The first-order chi connectivity index (χ1) is 7.68. The second-order valence-electron chi connectivity index (χ2n) is 5.28. The maximum atomic E-state index is 6.11. The van der Waals surface area contributed by atoms with E-state index in [4.69, 9.17) is 9.47 Å². The van der Waals surface area contributed by atoms with Crippen molar-refractivity contribution < 1.29 is 9.47 Å². The van der Waals surface area contributed by atoms with Crippen molar-refractivity contribution in [2.75, 3.05) is 6.61 Å². The standard InChI is InChI=1S/C14H18O2/c1-14(2)11-7-5-9-15-13(11)10-6-3-4-8-12(10)16-14/h3-4,6,8,11,13H,5,7,9H2,1-2H3/t11-,13+/m0/s1. The van der Waals surface area contributed by atoms with Gasteiger partial charge in [-0.3, -0.25) is 0 Å². The summed E-state index contributed by atoms with van der Waals surface area (Å²) in [6, 6.07) is 8.27. The third kappa shape index (κ3) is 1.44. The maximum Gasteiger partial charge on any atom is 0.125 e. The van der Waals surface area contributed by atoms with E-state index in [0.29, 0.717) is 5.92 Å². The molecule has 1 saturated heterocycles. The van der Waals surface area contributed by atoms with Crippen LogP contribution in [0.4, 0.5) is 0 Å². The average molecular weight is 218 g/mol. The molecule has 0 aliphatic carbocycles. The SMILES string of the molecule is CC1(C)Oc2ccccc2[C@H]2OCCC[C@@H]21. The zero-order valence-electron chi connectivity index (χ0n) is 9.90. The molecule has 1 aromatic carbocycles. The van der Waals surface area contributed by atoms with Crippen LogP contribution >= 0.6 is 0 Å². The van der Waals surface area contributed by atoms with Gasteiger partial charge < -0.3 is 9.47 Å². The largest absolute Gasteiger partial charge is 0.487 e. The van der Waals surface area contributed by atoms with Crippen LogP contribution in [0.2, 0.25) is 0 Å². The average Bonchev–Trinajstić information content (AvgIpc) is 2.29. The van der Waals surface area contributed by atoms with Crippen LogP contribution in [0.5, 0.6) is 5.75 Å². The fraction of sp³-hybridized carbons (Fsp3) is 0.571. The molecule has 3 rings (SSSR count). The minimum Gasteiger partial charge on any atom is -0.487 e. The van der Waals surface area contributed by atoms with E-state index in [1.165, 1.54) is 12.0 Å². The van der Waals surface area contributed by atoms with Gasteiger partial charge in [0.15, 0.2) is 0 Å². The lowest BCUT2D eigenvalue weighted by Gasteiger charge is -2.46. The first kappa shape index (κ1) is 10.2. The predicted molar refractivity (Wildman–Crippen MR) is 62.6 cm³/mol. The summed E-state index contributed by atoms with van der Waals surface area (Å²) in [5, 5.41) is 0. The van der Waals surface area contributed by atoms with E-state index in [-0.39, 0.29) is 11.7 Å². The number of fused-ring (bicyclic) bond motifs is 3. The van der Waals surface area contributed by atoms with Gasteiger partial charge in [0.05, 0.1) is 6.10 Å². The van der Waals surface area contributed by atoms with Crippen molar-refractivity contribution in [1.29, 1.82) is 0 Å². The molecular formula is C14H18O2. The van der Waals surface area contributed by atoms with Gasteiger partial charge >= 0.3 is 0 Å². The van der Waals surface area contributed by atoms with Crippen LogP contribution in [-0.4, -0.2) is 12.2 Å². The molecule has 0 saturated carbocycles. The fourth-order valence-corrected chi connectivity index (χ4v) is 2.97. The highest BCUT2D eigenvalue weighted by molar-refractivity contribution is 5.39. The third-order valence-corrected chi connectivity index (χ3v) is 3.81. The summed E-state index contributed by atoms with van der Waals surface area (Å²) in [4.78, 5) is 0. The van der Waals surface area contributed by atoms with E-state index in [9.17, 15) is 0 Å². The molecule has 86 valence electrons. The van der Waals surface area contributed by atoms with E-state index in [2.05, 4.69) is 26.0 Å². The Morgan fingerprint density at radius 3 is 2.94 bits per heavy atom. The van der Waals surface area contributed by atoms with Crippen LogP contribution in [0.1, 0.15) is 38.4 Å². The molecule has 2 heteroatoms. The van der Waals surface area contributed by atoms with Crippen LogP contribution in [-0.2, 0) is 4.74 Å². The molecule has 2 atom stereocenters. The lowest BCUT2D eigenvalue weighted by atomic mass is 9.76. The molecule has 1 fully saturated rings. The Morgan fingerprint density at radius 2 is 2.06 bits per heavy atom. The van der Waals surface area contributed by atoms with Gasteiger partial charge in [0.25, 0.3) is 0 Å². The monoisotopic (exact) mass is 218 g/mol. The molecule has 2 heterocycles. The first-order valence-electron chi connectivity index (χ1n) is 6.08. The van der Waals surface area contributed by atoms with Gasteiger partial charge in [-0.05, 0) is 32.8 Å². The van der Waals surface area contributed by atoms with Gasteiger partial charge in [0, 0.05) is 18.1 Å². The number of para-hydroxylation sites is 1. The summed E-state index contributed by atoms with van der Waals surface area (Å²) in [6.07, 6.45) is 2.58. The minimum absolute atomic E-state index is 0.112. The van der Waals surface area contributed by atoms with Gasteiger partial charge in [-0.15, -0.1) is 0 Å². The molecule has 0 unspecified atom stereocenters. The maximum absolute atomic E-state index is 6.11. The number of hydrogen-bond acceptors (Lipinski definition) is 2. The first-order valence-corrected chi connectivity index (χ1v) is 6.08.